The van der Waals surface area contributed by atoms with Crippen LogP contribution in [0.15, 0.2) is 89.2 Å². The molecule has 0 unspecified atom stereocenters. The van der Waals surface area contributed by atoms with Gasteiger partial charge in [-0.15, -0.1) is 0 Å². The average molecular weight is 737 g/mol. The molecule has 1 heterocycles. The molecular weight excluding hydrogens is 693 g/mol. The first kappa shape index (κ1) is 40.3. The van der Waals surface area contributed by atoms with Crippen molar-refractivity contribution in [2.24, 2.45) is 10.3 Å². The third kappa shape index (κ3) is 14.3. The number of benzene rings is 3. The summed E-state index contributed by atoms with van der Waals surface area (Å²) in [5.74, 6) is 0. The smallest absolute Gasteiger partial charge is 0.407 e. The molecule has 0 aliphatic heterocycles. The molecule has 11 nitrogen and oxygen atoms in total. The molecule has 51 heavy (non-hydrogen) atoms. The van der Waals surface area contributed by atoms with Crippen molar-refractivity contribution in [1.82, 2.24) is 15.6 Å². The van der Waals surface area contributed by atoms with Gasteiger partial charge in [0.15, 0.2) is 6.61 Å². The number of hydrogen-bond acceptors (Lipinski definition) is 9. The van der Waals surface area contributed by atoms with E-state index in [1.165, 1.54) is 12.7 Å². The lowest BCUT2D eigenvalue weighted by Crippen LogP contribution is -2.23. The number of carbonyl (C=O) groups excluding carboxylic acids is 2. The SMILES string of the molecule is CCOC(=O)NCc1cc(C(C)=NOCc2cccc(C)n2)ccc1Cl.COC(=O)NCc1cc(C(C)=NOCc2cccc(C)c2)ccc1Cl. The van der Waals surface area contributed by atoms with Crippen molar-refractivity contribution < 1.29 is 28.7 Å². The summed E-state index contributed by atoms with van der Waals surface area (Å²) in [6.07, 6.45) is -0.985. The van der Waals surface area contributed by atoms with Gasteiger partial charge in [0.25, 0.3) is 0 Å². The quantitative estimate of drug-likeness (QED) is 0.104. The number of rotatable bonds is 13. The van der Waals surface area contributed by atoms with Crippen molar-refractivity contribution in [3.8, 4) is 0 Å². The second-order valence-electron chi connectivity index (χ2n) is 11.2. The zero-order chi connectivity index (χ0) is 37.2. The number of ether oxygens (including phenoxy) is 2. The van der Waals surface area contributed by atoms with Crippen molar-refractivity contribution in [3.63, 3.8) is 0 Å². The fraction of sp³-hybridized carbons (Fsp3) is 0.289. The number of nitrogens with zero attached hydrogens (tertiary/aromatic N) is 3. The lowest BCUT2D eigenvalue weighted by Gasteiger charge is -2.09. The third-order valence-electron chi connectivity index (χ3n) is 7.11. The van der Waals surface area contributed by atoms with E-state index in [1.54, 1.807) is 19.1 Å². The molecule has 0 aliphatic carbocycles. The Morgan fingerprint density at radius 1 is 0.745 bits per heavy atom. The van der Waals surface area contributed by atoms with Gasteiger partial charge in [-0.3, -0.25) is 4.98 Å². The molecule has 270 valence electrons. The molecule has 3 aromatic carbocycles. The van der Waals surface area contributed by atoms with Crippen molar-refractivity contribution in [3.05, 3.63) is 134 Å². The molecule has 0 aliphatic rings. The molecule has 4 rings (SSSR count). The summed E-state index contributed by atoms with van der Waals surface area (Å²) in [6.45, 7) is 11.0. The Kier molecular flexibility index (Phi) is 16.7. The molecule has 2 amide bonds. The predicted octanol–water partition coefficient (Wildman–Crippen LogP) is 8.68. The van der Waals surface area contributed by atoms with Crippen LogP contribution in [0.25, 0.3) is 0 Å². The van der Waals surface area contributed by atoms with E-state index in [2.05, 4.69) is 36.7 Å². The number of carbonyl (C=O) groups is 2. The molecule has 0 fully saturated rings. The first-order chi connectivity index (χ1) is 24.5. The van der Waals surface area contributed by atoms with Gasteiger partial charge in [-0.1, -0.05) is 81.5 Å². The molecule has 0 atom stereocenters. The topological polar surface area (TPSA) is 133 Å². The lowest BCUT2D eigenvalue weighted by molar-refractivity contribution is 0.127. The van der Waals surface area contributed by atoms with E-state index in [0.717, 1.165) is 44.9 Å². The van der Waals surface area contributed by atoms with E-state index >= 15 is 0 Å². The number of pyridine rings is 1. The van der Waals surface area contributed by atoms with Crippen LogP contribution in [0, 0.1) is 13.8 Å². The van der Waals surface area contributed by atoms with Crippen LogP contribution in [-0.2, 0) is 45.5 Å². The Hall–Kier alpha value is -5.13. The Balaban J connectivity index is 0.000000276. The first-order valence-corrected chi connectivity index (χ1v) is 16.9. The van der Waals surface area contributed by atoms with Crippen LogP contribution in [0.3, 0.4) is 0 Å². The summed E-state index contributed by atoms with van der Waals surface area (Å²) in [5, 5.41) is 14.7. The number of aromatic nitrogens is 1. The Labute approximate surface area is 308 Å². The van der Waals surface area contributed by atoms with E-state index in [-0.39, 0.29) is 13.1 Å². The van der Waals surface area contributed by atoms with Gasteiger partial charge in [0.05, 0.1) is 30.8 Å². The van der Waals surface area contributed by atoms with Gasteiger partial charge in [-0.05, 0) is 98.8 Å². The molecule has 13 heteroatoms. The highest BCUT2D eigenvalue weighted by Gasteiger charge is 2.09. The summed E-state index contributed by atoms with van der Waals surface area (Å²) in [6, 6.07) is 24.8. The van der Waals surface area contributed by atoms with Crippen molar-refractivity contribution in [2.45, 2.75) is 60.9 Å². The Morgan fingerprint density at radius 2 is 1.31 bits per heavy atom. The summed E-state index contributed by atoms with van der Waals surface area (Å²) in [5.41, 5.74) is 8.70. The van der Waals surface area contributed by atoms with Crippen molar-refractivity contribution in [2.75, 3.05) is 13.7 Å². The minimum absolute atomic E-state index is 0.271. The molecule has 0 bridgehead atoms. The predicted molar refractivity (Wildman–Crippen MR) is 200 cm³/mol. The van der Waals surface area contributed by atoms with Gasteiger partial charge in [0, 0.05) is 28.8 Å². The standard InChI is InChI=1S/C19H22ClN3O3.C19H21ClN2O3/c1-4-25-19(24)21-11-16-10-15(8-9-18(16)20)14(3)23-26-12-17-7-5-6-13(2)22-17;1-13-5-4-6-15(9-13)12-25-22-14(2)16-7-8-18(20)17(10-16)11-21-19(23)24-3/h5-10H,4,11-12H2,1-3H3,(H,21,24);4-10H,11-12H2,1-3H3,(H,21,23). The van der Waals surface area contributed by atoms with Crippen LogP contribution in [0.5, 0.6) is 0 Å². The van der Waals surface area contributed by atoms with Gasteiger partial charge >= 0.3 is 12.2 Å². The summed E-state index contributed by atoms with van der Waals surface area (Å²) >= 11 is 12.4. The van der Waals surface area contributed by atoms with E-state index in [0.29, 0.717) is 35.6 Å². The average Bonchev–Trinajstić information content (AvgIpc) is 3.11. The summed E-state index contributed by atoms with van der Waals surface area (Å²) in [7, 11) is 1.32. The summed E-state index contributed by atoms with van der Waals surface area (Å²) < 4.78 is 9.40. The zero-order valence-corrected chi connectivity index (χ0v) is 31.1. The number of oxime groups is 2. The van der Waals surface area contributed by atoms with Crippen molar-refractivity contribution in [1.29, 1.82) is 0 Å². The number of methoxy groups -OCH3 is 1. The lowest BCUT2D eigenvalue weighted by atomic mass is 10.1. The molecule has 0 saturated heterocycles. The van der Waals surface area contributed by atoms with Crippen LogP contribution in [0.4, 0.5) is 9.59 Å². The fourth-order valence-corrected chi connectivity index (χ4v) is 4.81. The molecule has 1 aromatic heterocycles. The van der Waals surface area contributed by atoms with Crippen LogP contribution in [0.1, 0.15) is 65.5 Å². The molecule has 2 N–H and O–H groups in total. The molecular formula is C38H43Cl2N5O6. The number of alkyl carbamates (subject to hydrolysis) is 2. The van der Waals surface area contributed by atoms with E-state index in [9.17, 15) is 9.59 Å². The van der Waals surface area contributed by atoms with Crippen molar-refractivity contribution >= 4 is 46.8 Å². The second kappa shape index (κ2) is 21.2. The molecule has 0 spiro atoms. The first-order valence-electron chi connectivity index (χ1n) is 16.1. The van der Waals surface area contributed by atoms with Gasteiger partial charge in [0.1, 0.15) is 6.61 Å². The fourth-order valence-electron chi connectivity index (χ4n) is 4.45. The maximum Gasteiger partial charge on any atom is 0.407 e. The minimum atomic E-state index is -0.506. The van der Waals surface area contributed by atoms with Gasteiger partial charge in [-0.25, -0.2) is 9.59 Å². The third-order valence-corrected chi connectivity index (χ3v) is 7.85. The maximum absolute atomic E-state index is 11.4. The largest absolute Gasteiger partial charge is 0.453 e. The maximum atomic E-state index is 11.4. The van der Waals surface area contributed by atoms with Gasteiger partial charge < -0.3 is 29.8 Å². The second-order valence-corrected chi connectivity index (χ2v) is 12.0. The van der Waals surface area contributed by atoms with E-state index in [1.807, 2.05) is 88.4 Å². The van der Waals surface area contributed by atoms with Crippen LogP contribution < -0.4 is 10.6 Å². The highest BCUT2D eigenvalue weighted by atomic mass is 35.5. The van der Waals surface area contributed by atoms with Crippen LogP contribution in [-0.4, -0.2) is 42.3 Å². The number of halogens is 2. The zero-order valence-electron chi connectivity index (χ0n) is 29.6. The number of nitrogens with one attached hydrogen (secondary N) is 2. The Bertz CT molecular complexity index is 1830. The molecule has 0 saturated carbocycles. The van der Waals surface area contributed by atoms with E-state index in [4.69, 9.17) is 37.6 Å². The minimum Gasteiger partial charge on any atom is -0.453 e. The number of aryl methyl sites for hydroxylation is 2. The summed E-state index contributed by atoms with van der Waals surface area (Å²) in [4.78, 5) is 37.8. The number of amides is 2. The van der Waals surface area contributed by atoms with Gasteiger partial charge in [0.2, 0.25) is 0 Å². The number of hydrogen-bond donors (Lipinski definition) is 2. The Morgan fingerprint density at radius 3 is 1.86 bits per heavy atom. The van der Waals surface area contributed by atoms with Crippen LogP contribution in [0.2, 0.25) is 10.0 Å². The van der Waals surface area contributed by atoms with E-state index < -0.39 is 12.2 Å². The van der Waals surface area contributed by atoms with Crippen LogP contribution >= 0.6 is 23.2 Å². The van der Waals surface area contributed by atoms with Gasteiger partial charge in [-0.2, -0.15) is 0 Å². The highest BCUT2D eigenvalue weighted by Crippen LogP contribution is 2.20. The molecule has 4 aromatic rings. The monoisotopic (exact) mass is 735 g/mol. The highest BCUT2D eigenvalue weighted by molar-refractivity contribution is 6.31. The normalized spacial score (nSPS) is 11.1. The molecule has 0 radical (unpaired) electrons.